The zero-order valence-electron chi connectivity index (χ0n) is 27.4. The first-order valence-corrected chi connectivity index (χ1v) is 18.0. The molecule has 244 valence electrons. The van der Waals surface area contributed by atoms with Crippen molar-refractivity contribution in [2.24, 2.45) is 0 Å². The summed E-state index contributed by atoms with van der Waals surface area (Å²) < 4.78 is 0. The number of hydrogen-bond donors (Lipinski definition) is 4. The Balaban J connectivity index is 3.66. The fourth-order valence-electron chi connectivity index (χ4n) is 5.48. The number of carbonyl (C=O) groups excluding carboxylic acids is 1. The van der Waals surface area contributed by atoms with Crippen molar-refractivity contribution in [3.63, 3.8) is 0 Å². The molecule has 0 aromatic carbocycles. The van der Waals surface area contributed by atoms with Gasteiger partial charge in [-0.2, -0.15) is 0 Å². The predicted octanol–water partition coefficient (Wildman–Crippen LogP) is 9.31. The van der Waals surface area contributed by atoms with Crippen molar-refractivity contribution in [3.05, 3.63) is 12.2 Å². The number of amides is 1. The molecule has 0 radical (unpaired) electrons. The predicted molar refractivity (Wildman–Crippen MR) is 176 cm³/mol. The maximum atomic E-state index is 12.3. The van der Waals surface area contributed by atoms with Crippen molar-refractivity contribution >= 4 is 5.91 Å². The van der Waals surface area contributed by atoms with Gasteiger partial charge in [-0.25, -0.2) is 0 Å². The number of hydrogen-bond acceptors (Lipinski definition) is 4. The minimum atomic E-state index is -1.09. The van der Waals surface area contributed by atoms with Gasteiger partial charge in [-0.1, -0.05) is 180 Å². The van der Waals surface area contributed by atoms with E-state index in [0.717, 1.165) is 32.1 Å². The van der Waals surface area contributed by atoms with E-state index < -0.39 is 24.2 Å². The van der Waals surface area contributed by atoms with Crippen molar-refractivity contribution in [3.8, 4) is 0 Å². The van der Waals surface area contributed by atoms with Crippen molar-refractivity contribution in [1.82, 2.24) is 5.32 Å². The van der Waals surface area contributed by atoms with Crippen LogP contribution < -0.4 is 5.32 Å². The van der Waals surface area contributed by atoms with Gasteiger partial charge in [-0.05, 0) is 19.3 Å². The SMILES string of the molecule is CCCCCCCCC/C=C/C(O)C(CO)NC(=O)C(O)CCCCCCCCCCCCCCCCCCCC. The Hall–Kier alpha value is -0.910. The van der Waals surface area contributed by atoms with Crippen molar-refractivity contribution in [1.29, 1.82) is 0 Å². The fraction of sp³-hybridized carbons (Fsp3) is 0.917. The number of nitrogens with one attached hydrogen (secondary N) is 1. The third kappa shape index (κ3) is 27.7. The van der Waals surface area contributed by atoms with Crippen LogP contribution in [0, 0.1) is 0 Å². The standard InChI is InChI=1S/C36H71NO4/c1-3-5-7-9-11-13-14-15-16-17-18-19-20-21-23-25-27-29-31-35(40)36(41)37-33(32-38)34(39)30-28-26-24-22-12-10-8-6-4-2/h28,30,33-35,38-40H,3-27,29,31-32H2,1-2H3,(H,37,41)/b30-28+. The molecule has 0 bridgehead atoms. The van der Waals surface area contributed by atoms with Crippen LogP contribution in [0.1, 0.15) is 187 Å². The first kappa shape index (κ1) is 40.1. The van der Waals surface area contributed by atoms with Gasteiger partial charge in [0.1, 0.15) is 6.10 Å². The largest absolute Gasteiger partial charge is 0.394 e. The highest BCUT2D eigenvalue weighted by Gasteiger charge is 2.22. The van der Waals surface area contributed by atoms with E-state index in [4.69, 9.17) is 0 Å². The first-order chi connectivity index (χ1) is 20.1. The lowest BCUT2D eigenvalue weighted by atomic mass is 10.0. The van der Waals surface area contributed by atoms with E-state index in [1.165, 1.54) is 135 Å². The Labute approximate surface area is 255 Å². The monoisotopic (exact) mass is 582 g/mol. The highest BCUT2D eigenvalue weighted by molar-refractivity contribution is 5.80. The van der Waals surface area contributed by atoms with Gasteiger partial charge >= 0.3 is 0 Å². The molecule has 0 aliphatic rings. The summed E-state index contributed by atoms with van der Waals surface area (Å²) in [5.74, 6) is -0.504. The molecule has 3 unspecified atom stereocenters. The molecule has 0 aromatic rings. The Bertz CT molecular complexity index is 568. The van der Waals surface area contributed by atoms with E-state index in [1.54, 1.807) is 6.08 Å². The zero-order valence-corrected chi connectivity index (χ0v) is 27.4. The quantitative estimate of drug-likeness (QED) is 0.0471. The number of allylic oxidation sites excluding steroid dienone is 1. The smallest absolute Gasteiger partial charge is 0.249 e. The molecule has 0 heterocycles. The topological polar surface area (TPSA) is 89.8 Å². The van der Waals surface area contributed by atoms with Crippen LogP contribution in [0.2, 0.25) is 0 Å². The highest BCUT2D eigenvalue weighted by Crippen LogP contribution is 2.15. The third-order valence-corrected chi connectivity index (χ3v) is 8.38. The molecular formula is C36H71NO4. The van der Waals surface area contributed by atoms with Crippen LogP contribution in [-0.2, 0) is 4.79 Å². The van der Waals surface area contributed by atoms with Crippen LogP contribution in [0.4, 0.5) is 0 Å². The summed E-state index contributed by atoms with van der Waals surface area (Å²) >= 11 is 0. The summed E-state index contributed by atoms with van der Waals surface area (Å²) in [6, 6.07) is -0.789. The highest BCUT2D eigenvalue weighted by atomic mass is 16.3. The normalized spacial score (nSPS) is 14.0. The summed E-state index contributed by atoms with van der Waals surface area (Å²) in [5, 5.41) is 32.8. The molecule has 0 aliphatic carbocycles. The Kier molecular flexibility index (Phi) is 31.3. The number of rotatable bonds is 32. The van der Waals surface area contributed by atoms with E-state index in [-0.39, 0.29) is 6.61 Å². The van der Waals surface area contributed by atoms with Crippen LogP contribution in [-0.4, -0.2) is 46.1 Å². The van der Waals surface area contributed by atoms with Gasteiger partial charge in [0.2, 0.25) is 5.91 Å². The van der Waals surface area contributed by atoms with Crippen molar-refractivity contribution < 1.29 is 20.1 Å². The molecule has 5 heteroatoms. The molecule has 4 N–H and O–H groups in total. The molecule has 41 heavy (non-hydrogen) atoms. The van der Waals surface area contributed by atoms with Crippen LogP contribution in [0.25, 0.3) is 0 Å². The summed E-state index contributed by atoms with van der Waals surface area (Å²) in [6.45, 7) is 4.14. The first-order valence-electron chi connectivity index (χ1n) is 18.0. The molecule has 5 nitrogen and oxygen atoms in total. The minimum Gasteiger partial charge on any atom is -0.394 e. The van der Waals surface area contributed by atoms with Crippen molar-refractivity contribution in [2.45, 2.75) is 205 Å². The molecule has 0 saturated heterocycles. The lowest BCUT2D eigenvalue weighted by molar-refractivity contribution is -0.131. The molecule has 0 aliphatic heterocycles. The van der Waals surface area contributed by atoms with Gasteiger partial charge in [-0.15, -0.1) is 0 Å². The number of aliphatic hydroxyl groups is 3. The van der Waals surface area contributed by atoms with Crippen LogP contribution >= 0.6 is 0 Å². The van der Waals surface area contributed by atoms with Gasteiger partial charge < -0.3 is 20.6 Å². The Morgan fingerprint density at radius 1 is 0.585 bits per heavy atom. The van der Waals surface area contributed by atoms with Gasteiger partial charge in [-0.3, -0.25) is 4.79 Å². The molecular weight excluding hydrogens is 510 g/mol. The van der Waals surface area contributed by atoms with E-state index >= 15 is 0 Å². The lowest BCUT2D eigenvalue weighted by Gasteiger charge is -2.21. The van der Waals surface area contributed by atoms with E-state index in [0.29, 0.717) is 6.42 Å². The maximum absolute atomic E-state index is 12.3. The summed E-state index contributed by atoms with van der Waals surface area (Å²) in [7, 11) is 0. The summed E-state index contributed by atoms with van der Waals surface area (Å²) in [4.78, 5) is 12.3. The third-order valence-electron chi connectivity index (χ3n) is 8.38. The van der Waals surface area contributed by atoms with E-state index in [2.05, 4.69) is 19.2 Å². The second-order valence-corrected chi connectivity index (χ2v) is 12.4. The molecule has 0 fully saturated rings. The average molecular weight is 582 g/mol. The second-order valence-electron chi connectivity index (χ2n) is 12.4. The van der Waals surface area contributed by atoms with Gasteiger partial charge in [0.25, 0.3) is 0 Å². The van der Waals surface area contributed by atoms with Gasteiger partial charge in [0.05, 0.1) is 18.8 Å². The van der Waals surface area contributed by atoms with E-state index in [1.807, 2.05) is 6.08 Å². The molecule has 0 spiro atoms. The van der Waals surface area contributed by atoms with E-state index in [9.17, 15) is 20.1 Å². The van der Waals surface area contributed by atoms with Crippen molar-refractivity contribution in [2.75, 3.05) is 6.61 Å². The fourth-order valence-corrected chi connectivity index (χ4v) is 5.48. The van der Waals surface area contributed by atoms with Gasteiger partial charge in [0.15, 0.2) is 0 Å². The summed E-state index contributed by atoms with van der Waals surface area (Å²) in [5.41, 5.74) is 0. The van der Waals surface area contributed by atoms with Crippen LogP contribution in [0.15, 0.2) is 12.2 Å². The Morgan fingerprint density at radius 3 is 1.34 bits per heavy atom. The summed E-state index contributed by atoms with van der Waals surface area (Å²) in [6.07, 6.45) is 35.2. The van der Waals surface area contributed by atoms with Crippen LogP contribution in [0.3, 0.4) is 0 Å². The van der Waals surface area contributed by atoms with Crippen LogP contribution in [0.5, 0.6) is 0 Å². The lowest BCUT2D eigenvalue weighted by Crippen LogP contribution is -2.48. The van der Waals surface area contributed by atoms with Gasteiger partial charge in [0, 0.05) is 0 Å². The molecule has 1 amide bonds. The average Bonchev–Trinajstić information content (AvgIpc) is 2.98. The maximum Gasteiger partial charge on any atom is 0.249 e. The number of carbonyl (C=O) groups is 1. The molecule has 0 rings (SSSR count). The number of aliphatic hydroxyl groups excluding tert-OH is 3. The number of unbranched alkanes of at least 4 members (excludes halogenated alkanes) is 24. The minimum absolute atomic E-state index is 0.361. The Morgan fingerprint density at radius 2 is 0.951 bits per heavy atom. The molecule has 0 aromatic heterocycles. The zero-order chi connectivity index (χ0) is 30.2. The second kappa shape index (κ2) is 32.0. The molecule has 3 atom stereocenters. The molecule has 0 saturated carbocycles.